The number of carbonyl (C=O) groups is 3. The molecule has 0 spiro atoms. The van der Waals surface area contributed by atoms with Crippen LogP contribution in [-0.4, -0.2) is 31.4 Å². The van der Waals surface area contributed by atoms with Gasteiger partial charge in [-0.1, -0.05) is 54.6 Å². The molecule has 2 bridgehead atoms. The Morgan fingerprint density at radius 2 is 1.41 bits per heavy atom. The molecule has 0 aromatic heterocycles. The number of benzene rings is 2. The zero-order chi connectivity index (χ0) is 20.4. The summed E-state index contributed by atoms with van der Waals surface area (Å²) in [6, 6.07) is 17.1. The molecule has 29 heavy (non-hydrogen) atoms. The van der Waals surface area contributed by atoms with E-state index in [-0.39, 0.29) is 30.2 Å². The van der Waals surface area contributed by atoms with Crippen LogP contribution in [0.25, 0.3) is 11.1 Å². The second-order valence-corrected chi connectivity index (χ2v) is 7.88. The molecule has 2 aliphatic carbocycles. The molecule has 2 aliphatic rings. The first-order chi connectivity index (χ1) is 14.1. The molecule has 4 rings (SSSR count). The molecule has 5 nitrogen and oxygen atoms in total. The Kier molecular flexibility index (Phi) is 5.47. The summed E-state index contributed by atoms with van der Waals surface area (Å²) >= 11 is 0. The summed E-state index contributed by atoms with van der Waals surface area (Å²) in [7, 11) is 1.35. The van der Waals surface area contributed by atoms with Crippen LogP contribution in [-0.2, 0) is 19.1 Å². The van der Waals surface area contributed by atoms with Crippen LogP contribution >= 0.6 is 0 Å². The third kappa shape index (κ3) is 3.82. The zero-order valence-electron chi connectivity index (χ0n) is 16.4. The fourth-order valence-electron chi connectivity index (χ4n) is 4.90. The highest BCUT2D eigenvalue weighted by Gasteiger charge is 2.55. The van der Waals surface area contributed by atoms with Crippen LogP contribution in [0, 0.1) is 23.7 Å². The van der Waals surface area contributed by atoms with Crippen LogP contribution in [0.1, 0.15) is 29.6 Å². The van der Waals surface area contributed by atoms with E-state index >= 15 is 0 Å². The summed E-state index contributed by atoms with van der Waals surface area (Å²) in [5.74, 6) is -1.65. The van der Waals surface area contributed by atoms with Gasteiger partial charge in [0.2, 0.25) is 0 Å². The van der Waals surface area contributed by atoms with Crippen molar-refractivity contribution in [3.05, 3.63) is 60.2 Å². The maximum atomic E-state index is 12.7. The van der Waals surface area contributed by atoms with Gasteiger partial charge in [-0.15, -0.1) is 0 Å². The highest BCUT2D eigenvalue weighted by atomic mass is 16.5. The number of methoxy groups -OCH3 is 1. The van der Waals surface area contributed by atoms with Crippen molar-refractivity contribution in [1.82, 2.24) is 0 Å². The minimum atomic E-state index is -0.491. The van der Waals surface area contributed by atoms with Gasteiger partial charge < -0.3 is 9.47 Å². The van der Waals surface area contributed by atoms with Gasteiger partial charge in [0.1, 0.15) is 0 Å². The van der Waals surface area contributed by atoms with Crippen molar-refractivity contribution >= 4 is 17.7 Å². The number of ketones is 1. The molecule has 0 amide bonds. The van der Waals surface area contributed by atoms with Gasteiger partial charge in [-0.2, -0.15) is 0 Å². The van der Waals surface area contributed by atoms with E-state index in [4.69, 9.17) is 9.47 Å². The third-order valence-electron chi connectivity index (χ3n) is 6.32. The topological polar surface area (TPSA) is 69.7 Å². The van der Waals surface area contributed by atoms with Crippen molar-refractivity contribution in [2.24, 2.45) is 23.7 Å². The fraction of sp³-hybridized carbons (Fsp3) is 0.375. The molecule has 2 saturated carbocycles. The van der Waals surface area contributed by atoms with Crippen molar-refractivity contribution in [1.29, 1.82) is 0 Å². The molecule has 4 atom stereocenters. The van der Waals surface area contributed by atoms with Gasteiger partial charge in [0, 0.05) is 5.56 Å². The molecule has 0 aliphatic heterocycles. The number of ether oxygens (including phenoxy) is 2. The monoisotopic (exact) mass is 392 g/mol. The van der Waals surface area contributed by atoms with Crippen molar-refractivity contribution in [3.8, 4) is 11.1 Å². The number of hydrogen-bond acceptors (Lipinski definition) is 5. The number of fused-ring (bicyclic) bond motifs is 2. The van der Waals surface area contributed by atoms with Gasteiger partial charge in [-0.05, 0) is 42.2 Å². The maximum absolute atomic E-state index is 12.7. The SMILES string of the molecule is COC(=O)[C@H]1[C@@H]2CC[C@@H](C2)[C@@H]1C(=O)OCC(=O)c1ccc(-c2ccccc2)cc1. The Labute approximate surface area is 170 Å². The Morgan fingerprint density at radius 3 is 2.03 bits per heavy atom. The highest BCUT2D eigenvalue weighted by Crippen LogP contribution is 2.53. The van der Waals surface area contributed by atoms with Gasteiger partial charge in [0.15, 0.2) is 12.4 Å². The van der Waals surface area contributed by atoms with Crippen molar-refractivity contribution in [3.63, 3.8) is 0 Å². The van der Waals surface area contributed by atoms with Crippen molar-refractivity contribution in [2.75, 3.05) is 13.7 Å². The quantitative estimate of drug-likeness (QED) is 0.551. The van der Waals surface area contributed by atoms with Gasteiger partial charge in [0.05, 0.1) is 18.9 Å². The van der Waals surface area contributed by atoms with Crippen LogP contribution in [0.15, 0.2) is 54.6 Å². The Hall–Kier alpha value is -2.95. The predicted molar refractivity (Wildman–Crippen MR) is 107 cm³/mol. The fourth-order valence-corrected chi connectivity index (χ4v) is 4.90. The Balaban J connectivity index is 1.38. The molecule has 2 fully saturated rings. The van der Waals surface area contributed by atoms with E-state index in [1.807, 2.05) is 42.5 Å². The highest BCUT2D eigenvalue weighted by molar-refractivity contribution is 5.98. The standard InChI is InChI=1S/C24H24O5/c1-28-23(26)21-18-11-12-19(13-18)22(21)24(27)29-14-20(25)17-9-7-16(8-10-17)15-5-3-2-4-6-15/h2-10,18-19,21-22H,11-14H2,1H3/t18-,19+,21+,22+/m1/s1. The summed E-state index contributed by atoms with van der Waals surface area (Å²) in [6.45, 7) is -0.314. The van der Waals surface area contributed by atoms with E-state index in [1.54, 1.807) is 12.1 Å². The first kappa shape index (κ1) is 19.4. The van der Waals surface area contributed by atoms with E-state index < -0.39 is 17.8 Å². The second-order valence-electron chi connectivity index (χ2n) is 7.88. The normalized spacial score (nSPS) is 24.9. The van der Waals surface area contributed by atoms with Gasteiger partial charge in [-0.3, -0.25) is 14.4 Å². The molecular formula is C24H24O5. The summed E-state index contributed by atoms with van der Waals surface area (Å²) in [5, 5.41) is 0. The van der Waals surface area contributed by atoms with E-state index in [0.29, 0.717) is 5.56 Å². The molecular weight excluding hydrogens is 368 g/mol. The molecule has 2 aromatic carbocycles. The molecule has 0 saturated heterocycles. The van der Waals surface area contributed by atoms with E-state index in [1.165, 1.54) is 7.11 Å². The molecule has 0 heterocycles. The predicted octanol–water partition coefficient (Wildman–Crippen LogP) is 3.91. The summed E-state index contributed by atoms with van der Waals surface area (Å²) in [6.07, 6.45) is 2.72. The smallest absolute Gasteiger partial charge is 0.310 e. The van der Waals surface area contributed by atoms with Crippen LogP contribution in [0.5, 0.6) is 0 Å². The average molecular weight is 392 g/mol. The minimum absolute atomic E-state index is 0.150. The lowest BCUT2D eigenvalue weighted by molar-refractivity contribution is -0.161. The molecule has 150 valence electrons. The van der Waals surface area contributed by atoms with E-state index in [2.05, 4.69) is 0 Å². The average Bonchev–Trinajstić information content (AvgIpc) is 3.39. The summed E-state index contributed by atoms with van der Waals surface area (Å²) in [4.78, 5) is 37.3. The number of esters is 2. The molecule has 0 N–H and O–H groups in total. The molecule has 0 radical (unpaired) electrons. The van der Waals surface area contributed by atoms with Gasteiger partial charge in [0.25, 0.3) is 0 Å². The largest absolute Gasteiger partial charge is 0.469 e. The third-order valence-corrected chi connectivity index (χ3v) is 6.32. The minimum Gasteiger partial charge on any atom is -0.469 e. The number of hydrogen-bond donors (Lipinski definition) is 0. The molecule has 5 heteroatoms. The Morgan fingerprint density at radius 1 is 0.828 bits per heavy atom. The number of carbonyl (C=O) groups excluding carboxylic acids is 3. The van der Waals surface area contributed by atoms with Crippen molar-refractivity contribution < 1.29 is 23.9 Å². The van der Waals surface area contributed by atoms with Crippen LogP contribution in [0.4, 0.5) is 0 Å². The van der Waals surface area contributed by atoms with Gasteiger partial charge in [-0.25, -0.2) is 0 Å². The molecule has 0 unspecified atom stereocenters. The second kappa shape index (κ2) is 8.19. The van der Waals surface area contributed by atoms with E-state index in [0.717, 1.165) is 30.4 Å². The van der Waals surface area contributed by atoms with Crippen LogP contribution < -0.4 is 0 Å². The first-order valence-corrected chi connectivity index (χ1v) is 10.0. The number of rotatable bonds is 6. The lowest BCUT2D eigenvalue weighted by Gasteiger charge is -2.27. The lowest BCUT2D eigenvalue weighted by Crippen LogP contribution is -2.37. The lowest BCUT2D eigenvalue weighted by atomic mass is 9.79. The van der Waals surface area contributed by atoms with Crippen LogP contribution in [0.3, 0.4) is 0 Å². The van der Waals surface area contributed by atoms with E-state index in [9.17, 15) is 14.4 Å². The van der Waals surface area contributed by atoms with Gasteiger partial charge >= 0.3 is 11.9 Å². The Bertz CT molecular complexity index is 903. The van der Waals surface area contributed by atoms with Crippen LogP contribution in [0.2, 0.25) is 0 Å². The van der Waals surface area contributed by atoms with Crippen molar-refractivity contribution in [2.45, 2.75) is 19.3 Å². The first-order valence-electron chi connectivity index (χ1n) is 10.0. The zero-order valence-corrected chi connectivity index (χ0v) is 16.4. The maximum Gasteiger partial charge on any atom is 0.310 e. The summed E-state index contributed by atoms with van der Waals surface area (Å²) < 4.78 is 10.2. The molecule has 2 aromatic rings. The number of Topliss-reactive ketones (excluding diaryl/α,β-unsaturated/α-hetero) is 1. The summed E-state index contributed by atoms with van der Waals surface area (Å²) in [5.41, 5.74) is 2.58.